The largest absolute Gasteiger partial charge is 0.478 e. The molecule has 0 bridgehead atoms. The van der Waals surface area contributed by atoms with E-state index in [-0.39, 0.29) is 12.2 Å². The van der Waals surface area contributed by atoms with Crippen molar-refractivity contribution in [3.05, 3.63) is 12.2 Å². The number of aliphatic carboxylic acids is 1. The SMILES string of the molecule is C=C(CC(=O)OCC(O)CO)C(=O)O. The van der Waals surface area contributed by atoms with Crippen LogP contribution in [0.5, 0.6) is 0 Å². The summed E-state index contributed by atoms with van der Waals surface area (Å²) in [5, 5.41) is 25.5. The number of hydrogen-bond donors (Lipinski definition) is 3. The Morgan fingerprint density at radius 2 is 2.00 bits per heavy atom. The van der Waals surface area contributed by atoms with Gasteiger partial charge in [-0.2, -0.15) is 0 Å². The first-order valence-corrected chi connectivity index (χ1v) is 3.83. The van der Waals surface area contributed by atoms with Crippen molar-refractivity contribution in [2.75, 3.05) is 13.2 Å². The molecular weight excluding hydrogens is 192 g/mol. The van der Waals surface area contributed by atoms with Crippen LogP contribution in [0.4, 0.5) is 0 Å². The van der Waals surface area contributed by atoms with E-state index in [1.54, 1.807) is 0 Å². The third-order valence-corrected chi connectivity index (χ3v) is 1.31. The summed E-state index contributed by atoms with van der Waals surface area (Å²) in [7, 11) is 0. The molecule has 0 aliphatic heterocycles. The van der Waals surface area contributed by atoms with Gasteiger partial charge in [0.15, 0.2) is 0 Å². The van der Waals surface area contributed by atoms with Gasteiger partial charge < -0.3 is 20.1 Å². The highest BCUT2D eigenvalue weighted by Gasteiger charge is 2.12. The number of aliphatic hydroxyl groups is 2. The third kappa shape index (κ3) is 5.28. The number of carboxylic acids is 1. The monoisotopic (exact) mass is 204 g/mol. The van der Waals surface area contributed by atoms with Crippen LogP contribution < -0.4 is 0 Å². The van der Waals surface area contributed by atoms with Crippen LogP contribution >= 0.6 is 0 Å². The predicted octanol–water partition coefficient (Wildman–Crippen LogP) is -1.09. The molecule has 80 valence electrons. The Morgan fingerprint density at radius 3 is 2.43 bits per heavy atom. The van der Waals surface area contributed by atoms with Crippen molar-refractivity contribution >= 4 is 11.9 Å². The highest BCUT2D eigenvalue weighted by atomic mass is 16.5. The Bertz CT molecular complexity index is 234. The highest BCUT2D eigenvalue weighted by Crippen LogP contribution is 2.00. The first-order valence-electron chi connectivity index (χ1n) is 3.83. The molecule has 3 N–H and O–H groups in total. The molecule has 1 atom stereocenters. The van der Waals surface area contributed by atoms with Crippen LogP contribution in [0.1, 0.15) is 6.42 Å². The quantitative estimate of drug-likeness (QED) is 0.375. The Hall–Kier alpha value is -1.40. The van der Waals surface area contributed by atoms with Crippen molar-refractivity contribution in [2.45, 2.75) is 12.5 Å². The van der Waals surface area contributed by atoms with Gasteiger partial charge in [-0.3, -0.25) is 4.79 Å². The van der Waals surface area contributed by atoms with Crippen LogP contribution in [0.15, 0.2) is 12.2 Å². The van der Waals surface area contributed by atoms with E-state index < -0.39 is 31.1 Å². The molecule has 0 aliphatic rings. The minimum Gasteiger partial charge on any atom is -0.478 e. The first-order chi connectivity index (χ1) is 6.47. The van der Waals surface area contributed by atoms with E-state index in [1.165, 1.54) is 0 Å². The molecule has 1 unspecified atom stereocenters. The lowest BCUT2D eigenvalue weighted by Crippen LogP contribution is -2.22. The number of carbonyl (C=O) groups excluding carboxylic acids is 1. The van der Waals surface area contributed by atoms with Crippen molar-refractivity contribution in [1.82, 2.24) is 0 Å². The topological polar surface area (TPSA) is 104 Å². The van der Waals surface area contributed by atoms with Crippen LogP contribution in [-0.4, -0.2) is 46.6 Å². The van der Waals surface area contributed by atoms with Gasteiger partial charge in [-0.15, -0.1) is 0 Å². The van der Waals surface area contributed by atoms with Gasteiger partial charge in [-0.05, 0) is 0 Å². The molecule has 0 aliphatic carbocycles. The maximum atomic E-state index is 10.8. The zero-order valence-corrected chi connectivity index (χ0v) is 7.47. The minimum absolute atomic E-state index is 0.284. The summed E-state index contributed by atoms with van der Waals surface area (Å²) in [6, 6.07) is 0. The fraction of sp³-hybridized carbons (Fsp3) is 0.500. The summed E-state index contributed by atoms with van der Waals surface area (Å²) < 4.78 is 4.44. The molecular formula is C8H12O6. The molecule has 0 saturated carbocycles. The van der Waals surface area contributed by atoms with Gasteiger partial charge in [0.1, 0.15) is 12.7 Å². The summed E-state index contributed by atoms with van der Waals surface area (Å²) in [6.45, 7) is 2.25. The molecule has 0 aromatic carbocycles. The van der Waals surface area contributed by atoms with Crippen LogP contribution in [0, 0.1) is 0 Å². The van der Waals surface area contributed by atoms with Crippen molar-refractivity contribution in [2.24, 2.45) is 0 Å². The Balaban J connectivity index is 3.77. The van der Waals surface area contributed by atoms with Gasteiger partial charge >= 0.3 is 11.9 Å². The van der Waals surface area contributed by atoms with Crippen molar-refractivity contribution in [3.8, 4) is 0 Å². The molecule has 14 heavy (non-hydrogen) atoms. The van der Waals surface area contributed by atoms with Gasteiger partial charge in [0.05, 0.1) is 13.0 Å². The number of carboxylic acid groups (broad SMARTS) is 1. The molecule has 0 radical (unpaired) electrons. The minimum atomic E-state index is -1.27. The van der Waals surface area contributed by atoms with Crippen LogP contribution in [0.25, 0.3) is 0 Å². The lowest BCUT2D eigenvalue weighted by Gasteiger charge is -2.07. The standard InChI is InChI=1S/C8H12O6/c1-5(8(12)13)2-7(11)14-4-6(10)3-9/h6,9-10H,1-4H2,(H,12,13). The molecule has 0 aromatic rings. The smallest absolute Gasteiger partial charge is 0.331 e. The van der Waals surface area contributed by atoms with Crippen molar-refractivity contribution < 1.29 is 29.6 Å². The molecule has 0 fully saturated rings. The average molecular weight is 204 g/mol. The maximum Gasteiger partial charge on any atom is 0.331 e. The zero-order chi connectivity index (χ0) is 11.1. The van der Waals surface area contributed by atoms with Gasteiger partial charge in [-0.25, -0.2) is 4.79 Å². The fourth-order valence-electron chi connectivity index (χ4n) is 0.543. The fourth-order valence-corrected chi connectivity index (χ4v) is 0.543. The molecule has 6 heteroatoms. The summed E-state index contributed by atoms with van der Waals surface area (Å²) in [5.74, 6) is -2.07. The Labute approximate surface area is 80.4 Å². The molecule has 0 amide bonds. The summed E-state index contributed by atoms with van der Waals surface area (Å²) >= 11 is 0. The number of carbonyl (C=O) groups is 2. The molecule has 0 heterocycles. The van der Waals surface area contributed by atoms with Gasteiger partial charge in [-0.1, -0.05) is 6.58 Å². The predicted molar refractivity (Wildman–Crippen MR) is 45.4 cm³/mol. The van der Waals surface area contributed by atoms with E-state index >= 15 is 0 Å². The Morgan fingerprint density at radius 1 is 1.43 bits per heavy atom. The second kappa shape index (κ2) is 6.11. The number of aliphatic hydroxyl groups excluding tert-OH is 2. The summed E-state index contributed by atoms with van der Waals surface area (Å²) in [6.07, 6.45) is -1.58. The molecule has 0 aromatic heterocycles. The highest BCUT2D eigenvalue weighted by molar-refractivity contribution is 5.91. The van der Waals surface area contributed by atoms with Gasteiger partial charge in [0.2, 0.25) is 0 Å². The van der Waals surface area contributed by atoms with E-state index in [0.717, 1.165) is 0 Å². The van der Waals surface area contributed by atoms with E-state index in [2.05, 4.69) is 11.3 Å². The first kappa shape index (κ1) is 12.6. The molecule has 0 saturated heterocycles. The van der Waals surface area contributed by atoms with E-state index in [0.29, 0.717) is 0 Å². The Kier molecular flexibility index (Phi) is 5.50. The average Bonchev–Trinajstić information content (AvgIpc) is 2.13. The van der Waals surface area contributed by atoms with Crippen LogP contribution in [0.2, 0.25) is 0 Å². The van der Waals surface area contributed by atoms with E-state index in [9.17, 15) is 9.59 Å². The zero-order valence-electron chi connectivity index (χ0n) is 7.47. The summed E-state index contributed by atoms with van der Waals surface area (Å²) in [5.41, 5.74) is -0.284. The van der Waals surface area contributed by atoms with E-state index in [4.69, 9.17) is 15.3 Å². The van der Waals surface area contributed by atoms with Crippen molar-refractivity contribution in [3.63, 3.8) is 0 Å². The lowest BCUT2D eigenvalue weighted by molar-refractivity contribution is -0.148. The van der Waals surface area contributed by atoms with Gasteiger partial charge in [0, 0.05) is 5.57 Å². The third-order valence-electron chi connectivity index (χ3n) is 1.31. The number of esters is 1. The molecule has 6 nitrogen and oxygen atoms in total. The van der Waals surface area contributed by atoms with E-state index in [1.807, 2.05) is 0 Å². The second-order valence-electron chi connectivity index (χ2n) is 2.60. The maximum absolute atomic E-state index is 10.8. The number of rotatable bonds is 6. The molecule has 0 rings (SSSR count). The van der Waals surface area contributed by atoms with Crippen molar-refractivity contribution in [1.29, 1.82) is 0 Å². The molecule has 0 spiro atoms. The lowest BCUT2D eigenvalue weighted by atomic mass is 10.2. The number of ether oxygens (including phenoxy) is 1. The summed E-state index contributed by atoms with van der Waals surface area (Å²) in [4.78, 5) is 21.1. The number of hydrogen-bond acceptors (Lipinski definition) is 5. The van der Waals surface area contributed by atoms with Gasteiger partial charge in [0.25, 0.3) is 0 Å². The second-order valence-corrected chi connectivity index (χ2v) is 2.60. The normalized spacial score (nSPS) is 11.9. The van der Waals surface area contributed by atoms with Crippen LogP contribution in [-0.2, 0) is 14.3 Å². The van der Waals surface area contributed by atoms with Crippen LogP contribution in [0.3, 0.4) is 0 Å².